The predicted octanol–water partition coefficient (Wildman–Crippen LogP) is 6.35. The van der Waals surface area contributed by atoms with E-state index in [2.05, 4.69) is 25.2 Å². The van der Waals surface area contributed by atoms with Crippen LogP contribution in [0.15, 0.2) is 78.9 Å². The van der Waals surface area contributed by atoms with Crippen LogP contribution >= 0.6 is 0 Å². The van der Waals surface area contributed by atoms with E-state index in [1.807, 2.05) is 79.7 Å². The zero-order chi connectivity index (χ0) is 20.6. The number of amides is 1. The SMILES string of the molecule is Cc1cccc(C(C)C)c1NC(=O)/C=C/c1ccc(OCc2ccccc2)cc1. The molecule has 29 heavy (non-hydrogen) atoms. The van der Waals surface area contributed by atoms with E-state index in [0.717, 1.165) is 33.7 Å². The molecular weight excluding hydrogens is 358 g/mol. The fourth-order valence-corrected chi connectivity index (χ4v) is 3.10. The molecule has 0 aliphatic rings. The molecule has 3 rings (SSSR count). The van der Waals surface area contributed by atoms with E-state index in [1.165, 1.54) is 0 Å². The van der Waals surface area contributed by atoms with Crippen molar-refractivity contribution in [3.8, 4) is 5.75 Å². The number of hydrogen-bond acceptors (Lipinski definition) is 2. The average molecular weight is 386 g/mol. The number of carbonyl (C=O) groups excluding carboxylic acids is 1. The number of benzene rings is 3. The van der Waals surface area contributed by atoms with Gasteiger partial charge in [-0.05, 0) is 53.3 Å². The third kappa shape index (κ3) is 5.82. The molecule has 0 unspecified atom stereocenters. The number of aryl methyl sites for hydroxylation is 1. The Balaban J connectivity index is 1.59. The molecule has 1 amide bonds. The molecule has 0 atom stereocenters. The average Bonchev–Trinajstić information content (AvgIpc) is 2.73. The van der Waals surface area contributed by atoms with Crippen molar-refractivity contribution in [3.63, 3.8) is 0 Å². The summed E-state index contributed by atoms with van der Waals surface area (Å²) in [6, 6.07) is 23.9. The number of nitrogens with one attached hydrogen (secondary N) is 1. The fourth-order valence-electron chi connectivity index (χ4n) is 3.10. The molecule has 0 aromatic heterocycles. The summed E-state index contributed by atoms with van der Waals surface area (Å²) in [4.78, 5) is 12.4. The first-order valence-corrected chi connectivity index (χ1v) is 9.88. The molecule has 3 aromatic carbocycles. The number of carbonyl (C=O) groups is 1. The van der Waals surface area contributed by atoms with Crippen LogP contribution in [0.2, 0.25) is 0 Å². The number of para-hydroxylation sites is 1. The molecule has 1 N–H and O–H groups in total. The van der Waals surface area contributed by atoms with Gasteiger partial charge in [-0.1, -0.05) is 74.5 Å². The van der Waals surface area contributed by atoms with Gasteiger partial charge in [-0.15, -0.1) is 0 Å². The molecule has 0 bridgehead atoms. The molecule has 0 aliphatic carbocycles. The van der Waals surface area contributed by atoms with Crippen LogP contribution in [0.5, 0.6) is 5.75 Å². The minimum absolute atomic E-state index is 0.134. The minimum atomic E-state index is -0.134. The third-order valence-corrected chi connectivity index (χ3v) is 4.73. The van der Waals surface area contributed by atoms with Crippen molar-refractivity contribution in [3.05, 3.63) is 101 Å². The van der Waals surface area contributed by atoms with E-state index in [-0.39, 0.29) is 5.91 Å². The highest BCUT2D eigenvalue weighted by molar-refractivity contribution is 6.02. The lowest BCUT2D eigenvalue weighted by Crippen LogP contribution is -2.11. The van der Waals surface area contributed by atoms with Crippen LogP contribution in [0.1, 0.15) is 42.0 Å². The Labute approximate surface area is 173 Å². The first-order valence-electron chi connectivity index (χ1n) is 9.88. The molecule has 0 aliphatic heterocycles. The van der Waals surface area contributed by atoms with E-state index >= 15 is 0 Å². The lowest BCUT2D eigenvalue weighted by Gasteiger charge is -2.15. The van der Waals surface area contributed by atoms with Gasteiger partial charge in [-0.25, -0.2) is 0 Å². The maximum atomic E-state index is 12.4. The molecule has 0 radical (unpaired) electrons. The summed E-state index contributed by atoms with van der Waals surface area (Å²) in [6.07, 6.45) is 3.38. The zero-order valence-corrected chi connectivity index (χ0v) is 17.2. The Kier molecular flexibility index (Phi) is 6.85. The molecule has 0 saturated carbocycles. The van der Waals surface area contributed by atoms with E-state index in [1.54, 1.807) is 6.08 Å². The van der Waals surface area contributed by atoms with Crippen molar-refractivity contribution in [2.75, 3.05) is 5.32 Å². The van der Waals surface area contributed by atoms with Crippen molar-refractivity contribution >= 4 is 17.7 Å². The molecule has 0 fully saturated rings. The second kappa shape index (κ2) is 9.74. The maximum absolute atomic E-state index is 12.4. The molecule has 3 nitrogen and oxygen atoms in total. The Morgan fingerprint density at radius 3 is 2.38 bits per heavy atom. The normalized spacial score (nSPS) is 11.0. The van der Waals surface area contributed by atoms with Crippen molar-refractivity contribution in [2.45, 2.75) is 33.3 Å². The van der Waals surface area contributed by atoms with Gasteiger partial charge in [0.2, 0.25) is 5.91 Å². The fraction of sp³-hybridized carbons (Fsp3) is 0.192. The van der Waals surface area contributed by atoms with Gasteiger partial charge in [-0.3, -0.25) is 4.79 Å². The Morgan fingerprint density at radius 1 is 0.966 bits per heavy atom. The first-order chi connectivity index (χ1) is 14.0. The van der Waals surface area contributed by atoms with Crippen LogP contribution in [-0.2, 0) is 11.4 Å². The van der Waals surface area contributed by atoms with Crippen molar-refractivity contribution in [2.24, 2.45) is 0 Å². The van der Waals surface area contributed by atoms with Crippen LogP contribution in [0.4, 0.5) is 5.69 Å². The van der Waals surface area contributed by atoms with Gasteiger partial charge in [0.05, 0.1) is 0 Å². The molecule has 3 heteroatoms. The van der Waals surface area contributed by atoms with Gasteiger partial charge in [0, 0.05) is 11.8 Å². The largest absolute Gasteiger partial charge is 0.489 e. The van der Waals surface area contributed by atoms with E-state index in [0.29, 0.717) is 12.5 Å². The maximum Gasteiger partial charge on any atom is 0.248 e. The summed E-state index contributed by atoms with van der Waals surface area (Å²) in [6.45, 7) is 6.80. The van der Waals surface area contributed by atoms with Crippen LogP contribution in [0.25, 0.3) is 6.08 Å². The summed E-state index contributed by atoms with van der Waals surface area (Å²) in [5.41, 5.74) is 5.19. The topological polar surface area (TPSA) is 38.3 Å². The van der Waals surface area contributed by atoms with Crippen molar-refractivity contribution < 1.29 is 9.53 Å². The van der Waals surface area contributed by atoms with Crippen LogP contribution < -0.4 is 10.1 Å². The van der Waals surface area contributed by atoms with Gasteiger partial charge in [0.15, 0.2) is 0 Å². The molecule has 0 spiro atoms. The number of rotatable bonds is 7. The lowest BCUT2D eigenvalue weighted by molar-refractivity contribution is -0.111. The predicted molar refractivity (Wildman–Crippen MR) is 120 cm³/mol. The van der Waals surface area contributed by atoms with Gasteiger partial charge < -0.3 is 10.1 Å². The first kappa shape index (κ1) is 20.4. The van der Waals surface area contributed by atoms with Crippen LogP contribution in [0.3, 0.4) is 0 Å². The highest BCUT2D eigenvalue weighted by Crippen LogP contribution is 2.27. The molecule has 0 saturated heterocycles. The Morgan fingerprint density at radius 2 is 1.69 bits per heavy atom. The standard InChI is InChI=1S/C26H27NO2/c1-19(2)24-11-7-8-20(3)26(24)27-25(28)17-14-21-12-15-23(16-13-21)29-18-22-9-5-4-6-10-22/h4-17,19H,18H2,1-3H3,(H,27,28)/b17-14+. The summed E-state index contributed by atoms with van der Waals surface area (Å²) in [5.74, 6) is 1.01. The molecular formula is C26H27NO2. The Hall–Kier alpha value is -3.33. The number of hydrogen-bond donors (Lipinski definition) is 1. The summed E-state index contributed by atoms with van der Waals surface area (Å²) >= 11 is 0. The minimum Gasteiger partial charge on any atom is -0.489 e. The smallest absolute Gasteiger partial charge is 0.248 e. The lowest BCUT2D eigenvalue weighted by atomic mass is 9.98. The van der Waals surface area contributed by atoms with Crippen LogP contribution in [-0.4, -0.2) is 5.91 Å². The second-order valence-electron chi connectivity index (χ2n) is 7.36. The van der Waals surface area contributed by atoms with Gasteiger partial charge >= 0.3 is 0 Å². The quantitative estimate of drug-likeness (QED) is 0.481. The monoisotopic (exact) mass is 385 g/mol. The highest BCUT2D eigenvalue weighted by atomic mass is 16.5. The summed E-state index contributed by atoms with van der Waals surface area (Å²) in [7, 11) is 0. The number of anilines is 1. The van der Waals surface area contributed by atoms with E-state index < -0.39 is 0 Å². The van der Waals surface area contributed by atoms with Crippen LogP contribution in [0, 0.1) is 6.92 Å². The van der Waals surface area contributed by atoms with E-state index in [9.17, 15) is 4.79 Å². The van der Waals surface area contributed by atoms with Gasteiger partial charge in [0.25, 0.3) is 0 Å². The summed E-state index contributed by atoms with van der Waals surface area (Å²) in [5, 5.41) is 3.03. The highest BCUT2D eigenvalue weighted by Gasteiger charge is 2.10. The Bertz CT molecular complexity index is 973. The second-order valence-corrected chi connectivity index (χ2v) is 7.36. The number of ether oxygens (including phenoxy) is 1. The zero-order valence-electron chi connectivity index (χ0n) is 17.2. The third-order valence-electron chi connectivity index (χ3n) is 4.73. The van der Waals surface area contributed by atoms with Crippen molar-refractivity contribution in [1.29, 1.82) is 0 Å². The van der Waals surface area contributed by atoms with Gasteiger partial charge in [-0.2, -0.15) is 0 Å². The van der Waals surface area contributed by atoms with E-state index in [4.69, 9.17) is 4.74 Å². The van der Waals surface area contributed by atoms with Crippen molar-refractivity contribution in [1.82, 2.24) is 0 Å². The molecule has 3 aromatic rings. The molecule has 148 valence electrons. The van der Waals surface area contributed by atoms with Gasteiger partial charge in [0.1, 0.15) is 12.4 Å². The molecule has 0 heterocycles. The summed E-state index contributed by atoms with van der Waals surface area (Å²) < 4.78 is 5.80.